The van der Waals surface area contributed by atoms with Gasteiger partial charge in [0.1, 0.15) is 18.1 Å². The molecule has 1 heterocycles. The van der Waals surface area contributed by atoms with Crippen LogP contribution in [-0.2, 0) is 0 Å². The van der Waals surface area contributed by atoms with E-state index in [1.165, 1.54) is 24.8 Å². The largest absolute Gasteiger partial charge is 0.508 e. The monoisotopic (exact) mass is 289 g/mol. The van der Waals surface area contributed by atoms with Gasteiger partial charge < -0.3 is 15.2 Å². The van der Waals surface area contributed by atoms with Gasteiger partial charge >= 0.3 is 0 Å². The van der Waals surface area contributed by atoms with Crippen LogP contribution in [0.15, 0.2) is 18.2 Å². The first kappa shape index (κ1) is 14.7. The predicted molar refractivity (Wildman–Crippen MR) is 84.6 cm³/mol. The van der Waals surface area contributed by atoms with Crippen molar-refractivity contribution >= 4 is 0 Å². The van der Waals surface area contributed by atoms with Crippen LogP contribution in [0.5, 0.6) is 11.5 Å². The maximum Gasteiger partial charge on any atom is 0.127 e. The summed E-state index contributed by atoms with van der Waals surface area (Å²) >= 11 is 0. The molecule has 116 valence electrons. The van der Waals surface area contributed by atoms with Crippen molar-refractivity contribution in [2.75, 3.05) is 6.61 Å². The van der Waals surface area contributed by atoms with Gasteiger partial charge in [-0.25, -0.2) is 0 Å². The van der Waals surface area contributed by atoms with Crippen molar-refractivity contribution in [1.29, 1.82) is 0 Å². The van der Waals surface area contributed by atoms with Crippen LogP contribution < -0.4 is 10.1 Å². The smallest absolute Gasteiger partial charge is 0.127 e. The Labute approximate surface area is 127 Å². The van der Waals surface area contributed by atoms with E-state index in [4.69, 9.17) is 4.74 Å². The Morgan fingerprint density at radius 1 is 1.29 bits per heavy atom. The van der Waals surface area contributed by atoms with Gasteiger partial charge in [-0.15, -0.1) is 0 Å². The summed E-state index contributed by atoms with van der Waals surface area (Å²) in [4.78, 5) is 0. The first-order valence-electron chi connectivity index (χ1n) is 8.26. The number of phenols is 1. The van der Waals surface area contributed by atoms with E-state index >= 15 is 0 Å². The van der Waals surface area contributed by atoms with Crippen molar-refractivity contribution in [3.05, 3.63) is 23.8 Å². The maximum atomic E-state index is 9.55. The van der Waals surface area contributed by atoms with Crippen LogP contribution in [0, 0.1) is 17.8 Å². The predicted octanol–water partition coefficient (Wildman–Crippen LogP) is 3.88. The van der Waals surface area contributed by atoms with E-state index in [1.54, 1.807) is 12.1 Å². The van der Waals surface area contributed by atoms with E-state index in [-0.39, 0.29) is 11.8 Å². The quantitative estimate of drug-likeness (QED) is 0.887. The third kappa shape index (κ3) is 3.03. The average molecular weight is 289 g/mol. The summed E-state index contributed by atoms with van der Waals surface area (Å²) in [5.74, 6) is 3.39. The summed E-state index contributed by atoms with van der Waals surface area (Å²) in [6.07, 6.45) is 3.94. The number of hydrogen-bond acceptors (Lipinski definition) is 3. The van der Waals surface area contributed by atoms with Crippen LogP contribution in [0.2, 0.25) is 0 Å². The molecule has 4 atom stereocenters. The van der Waals surface area contributed by atoms with Crippen molar-refractivity contribution in [2.24, 2.45) is 17.8 Å². The van der Waals surface area contributed by atoms with Gasteiger partial charge in [0.2, 0.25) is 0 Å². The van der Waals surface area contributed by atoms with Crippen LogP contribution >= 0.6 is 0 Å². The first-order valence-corrected chi connectivity index (χ1v) is 8.26. The van der Waals surface area contributed by atoms with Gasteiger partial charge in [-0.3, -0.25) is 0 Å². The van der Waals surface area contributed by atoms with Crippen molar-refractivity contribution in [2.45, 2.75) is 52.1 Å². The zero-order valence-corrected chi connectivity index (χ0v) is 13.3. The van der Waals surface area contributed by atoms with Crippen LogP contribution in [0.4, 0.5) is 0 Å². The normalized spacial score (nSPS) is 32.0. The maximum absolute atomic E-state index is 9.55. The number of aromatic hydroxyl groups is 1. The molecule has 0 amide bonds. The Hall–Kier alpha value is -1.22. The second kappa shape index (κ2) is 5.88. The third-order valence-electron chi connectivity index (χ3n) is 5.22. The molecule has 1 saturated carbocycles. The Balaban J connectivity index is 1.74. The minimum absolute atomic E-state index is 0.261. The van der Waals surface area contributed by atoms with Crippen LogP contribution in [0.25, 0.3) is 0 Å². The summed E-state index contributed by atoms with van der Waals surface area (Å²) in [6, 6.07) is 6.30. The summed E-state index contributed by atoms with van der Waals surface area (Å²) in [5.41, 5.74) is 1.19. The van der Waals surface area contributed by atoms with E-state index in [0.29, 0.717) is 12.6 Å². The minimum Gasteiger partial charge on any atom is -0.508 e. The average Bonchev–Trinajstić information content (AvgIpc) is 2.81. The fourth-order valence-corrected chi connectivity index (χ4v) is 3.99. The molecule has 1 fully saturated rings. The number of benzene rings is 1. The van der Waals surface area contributed by atoms with Gasteiger partial charge in [0.15, 0.2) is 0 Å². The van der Waals surface area contributed by atoms with E-state index in [9.17, 15) is 5.11 Å². The van der Waals surface area contributed by atoms with Crippen molar-refractivity contribution in [1.82, 2.24) is 5.32 Å². The topological polar surface area (TPSA) is 41.5 Å². The molecule has 0 saturated heterocycles. The number of phenolic OH excluding ortho intramolecular Hbond substituents is 1. The highest BCUT2D eigenvalue weighted by Crippen LogP contribution is 2.38. The molecule has 0 bridgehead atoms. The molecular weight excluding hydrogens is 262 g/mol. The fraction of sp³-hybridized carbons (Fsp3) is 0.667. The lowest BCUT2D eigenvalue weighted by atomic mass is 9.73. The van der Waals surface area contributed by atoms with E-state index < -0.39 is 0 Å². The number of nitrogens with one attached hydrogen (secondary N) is 1. The lowest BCUT2D eigenvalue weighted by Gasteiger charge is -2.39. The second-order valence-corrected chi connectivity index (χ2v) is 7.18. The van der Waals surface area contributed by atoms with Crippen molar-refractivity contribution in [3.63, 3.8) is 0 Å². The summed E-state index contributed by atoms with van der Waals surface area (Å²) < 4.78 is 5.73. The number of rotatable bonds is 3. The Morgan fingerprint density at radius 3 is 2.86 bits per heavy atom. The molecule has 3 rings (SSSR count). The van der Waals surface area contributed by atoms with E-state index in [2.05, 4.69) is 26.1 Å². The molecule has 0 spiro atoms. The number of fused-ring (bicyclic) bond motifs is 1. The first-order chi connectivity index (χ1) is 10.0. The SMILES string of the molecule is CC1CCC(C(C)C)C(NC2COc3cc(O)ccc32)C1. The lowest BCUT2D eigenvalue weighted by molar-refractivity contribution is 0.152. The van der Waals surface area contributed by atoms with Crippen molar-refractivity contribution in [3.8, 4) is 11.5 Å². The van der Waals surface area contributed by atoms with Gasteiger partial charge in [-0.2, -0.15) is 0 Å². The van der Waals surface area contributed by atoms with Gasteiger partial charge in [0.25, 0.3) is 0 Å². The third-order valence-corrected chi connectivity index (χ3v) is 5.22. The summed E-state index contributed by atoms with van der Waals surface area (Å²) in [7, 11) is 0. The Kier molecular flexibility index (Phi) is 4.12. The second-order valence-electron chi connectivity index (χ2n) is 7.18. The molecule has 1 aromatic carbocycles. The molecule has 0 aromatic heterocycles. The molecule has 3 heteroatoms. The zero-order valence-electron chi connectivity index (χ0n) is 13.3. The minimum atomic E-state index is 0.261. The molecule has 1 aliphatic heterocycles. The highest BCUT2D eigenvalue weighted by molar-refractivity contribution is 5.44. The Morgan fingerprint density at radius 2 is 2.10 bits per heavy atom. The van der Waals surface area contributed by atoms with Crippen molar-refractivity contribution < 1.29 is 9.84 Å². The lowest BCUT2D eigenvalue weighted by Crippen LogP contribution is -2.44. The van der Waals surface area contributed by atoms with Crippen LogP contribution in [-0.4, -0.2) is 17.8 Å². The van der Waals surface area contributed by atoms with Gasteiger partial charge in [0.05, 0.1) is 6.04 Å². The number of hydrogen-bond donors (Lipinski definition) is 2. The summed E-state index contributed by atoms with van der Waals surface area (Å²) in [5, 5.41) is 13.4. The molecule has 4 unspecified atom stereocenters. The number of ether oxygens (including phenoxy) is 1. The fourth-order valence-electron chi connectivity index (χ4n) is 3.99. The molecule has 3 nitrogen and oxygen atoms in total. The van der Waals surface area contributed by atoms with Gasteiger partial charge in [-0.05, 0) is 42.7 Å². The highest BCUT2D eigenvalue weighted by Gasteiger charge is 2.34. The summed E-state index contributed by atoms with van der Waals surface area (Å²) in [6.45, 7) is 7.72. The zero-order chi connectivity index (χ0) is 15.0. The Bertz CT molecular complexity index is 500. The van der Waals surface area contributed by atoms with E-state index in [0.717, 1.165) is 23.5 Å². The standard InChI is InChI=1S/C18H27NO2/c1-11(2)14-6-4-12(3)8-16(14)19-17-10-21-18-9-13(20)5-7-15(17)18/h5,7,9,11-12,14,16-17,19-20H,4,6,8,10H2,1-3H3. The highest BCUT2D eigenvalue weighted by atomic mass is 16.5. The van der Waals surface area contributed by atoms with Gasteiger partial charge in [-0.1, -0.05) is 27.2 Å². The molecule has 0 radical (unpaired) electrons. The molecule has 1 aromatic rings. The molecule has 2 N–H and O–H groups in total. The van der Waals surface area contributed by atoms with Crippen LogP contribution in [0.3, 0.4) is 0 Å². The van der Waals surface area contributed by atoms with Crippen LogP contribution in [0.1, 0.15) is 51.6 Å². The molecular formula is C18H27NO2. The molecule has 1 aliphatic carbocycles. The van der Waals surface area contributed by atoms with E-state index in [1.807, 2.05) is 6.07 Å². The van der Waals surface area contributed by atoms with Gasteiger partial charge in [0, 0.05) is 17.7 Å². The molecule has 2 aliphatic rings. The molecule has 21 heavy (non-hydrogen) atoms.